The number of carbonyl (C=O) groups is 1. The predicted molar refractivity (Wildman–Crippen MR) is 107 cm³/mol. The van der Waals surface area contributed by atoms with Gasteiger partial charge in [0.2, 0.25) is 15.9 Å². The van der Waals surface area contributed by atoms with Gasteiger partial charge in [-0.2, -0.15) is 0 Å². The number of carbonyl (C=O) groups excluding carboxylic acids is 1. The quantitative estimate of drug-likeness (QED) is 0.704. The first-order valence-corrected chi connectivity index (χ1v) is 10.9. The summed E-state index contributed by atoms with van der Waals surface area (Å²) in [5.74, 6) is 0.566. The Morgan fingerprint density at radius 2 is 1.92 bits per heavy atom. The number of hydrogen-bond donors (Lipinski definition) is 1. The van der Waals surface area contributed by atoms with Gasteiger partial charge in [-0.25, -0.2) is 8.42 Å². The Hall–Kier alpha value is -2.02. The fraction of sp³-hybridized carbons (Fsp3) is 0.526. The molecule has 1 aromatic rings. The number of nitrogens with zero attached hydrogens (tertiary/aromatic N) is 2. The molecule has 0 saturated carbocycles. The topological polar surface area (TPSA) is 69.7 Å². The first kappa shape index (κ1) is 20.3. The van der Waals surface area contributed by atoms with E-state index in [9.17, 15) is 13.2 Å². The SMILES string of the molecule is C=CCNC(=O)CCN(c1ccc(N2CCC(C)CC2)cc1)S(C)(=O)=O. The van der Waals surface area contributed by atoms with Crippen molar-refractivity contribution in [1.29, 1.82) is 0 Å². The van der Waals surface area contributed by atoms with Crippen molar-refractivity contribution >= 4 is 27.3 Å². The lowest BCUT2D eigenvalue weighted by Gasteiger charge is -2.32. The van der Waals surface area contributed by atoms with Gasteiger partial charge in [0.25, 0.3) is 0 Å². The molecule has 2 rings (SSSR count). The normalized spacial score (nSPS) is 15.5. The molecule has 144 valence electrons. The van der Waals surface area contributed by atoms with Gasteiger partial charge in [0.15, 0.2) is 0 Å². The first-order valence-electron chi connectivity index (χ1n) is 9.01. The third-order valence-electron chi connectivity index (χ3n) is 4.67. The van der Waals surface area contributed by atoms with E-state index in [0.717, 1.165) is 31.0 Å². The lowest BCUT2D eigenvalue weighted by Crippen LogP contribution is -2.35. The minimum atomic E-state index is -3.46. The Morgan fingerprint density at radius 1 is 1.31 bits per heavy atom. The molecule has 1 saturated heterocycles. The van der Waals surface area contributed by atoms with Crippen LogP contribution >= 0.6 is 0 Å². The van der Waals surface area contributed by atoms with Gasteiger partial charge in [0, 0.05) is 38.3 Å². The van der Waals surface area contributed by atoms with Gasteiger partial charge >= 0.3 is 0 Å². The second-order valence-electron chi connectivity index (χ2n) is 6.86. The molecule has 7 heteroatoms. The highest BCUT2D eigenvalue weighted by atomic mass is 32.2. The molecule has 26 heavy (non-hydrogen) atoms. The van der Waals surface area contributed by atoms with E-state index in [2.05, 4.69) is 23.7 Å². The molecule has 1 amide bonds. The lowest BCUT2D eigenvalue weighted by atomic mass is 9.99. The van der Waals surface area contributed by atoms with Crippen LogP contribution in [0.5, 0.6) is 0 Å². The molecule has 0 atom stereocenters. The van der Waals surface area contributed by atoms with Gasteiger partial charge in [-0.3, -0.25) is 9.10 Å². The van der Waals surface area contributed by atoms with Gasteiger partial charge < -0.3 is 10.2 Å². The van der Waals surface area contributed by atoms with Crippen molar-refractivity contribution in [1.82, 2.24) is 5.32 Å². The number of piperidine rings is 1. The molecule has 0 radical (unpaired) electrons. The van der Waals surface area contributed by atoms with Crippen LogP contribution in [0.25, 0.3) is 0 Å². The van der Waals surface area contributed by atoms with Crippen LogP contribution in [0.4, 0.5) is 11.4 Å². The number of nitrogens with one attached hydrogen (secondary N) is 1. The molecule has 1 N–H and O–H groups in total. The summed E-state index contributed by atoms with van der Waals surface area (Å²) in [5.41, 5.74) is 1.69. The van der Waals surface area contributed by atoms with E-state index in [1.165, 1.54) is 17.1 Å². The van der Waals surface area contributed by atoms with E-state index < -0.39 is 10.0 Å². The fourth-order valence-corrected chi connectivity index (χ4v) is 3.99. The van der Waals surface area contributed by atoms with Crippen molar-refractivity contribution in [3.05, 3.63) is 36.9 Å². The zero-order valence-electron chi connectivity index (χ0n) is 15.6. The van der Waals surface area contributed by atoms with Crippen LogP contribution in [-0.4, -0.2) is 46.8 Å². The lowest BCUT2D eigenvalue weighted by molar-refractivity contribution is -0.120. The van der Waals surface area contributed by atoms with Crippen molar-refractivity contribution in [2.75, 3.05) is 41.6 Å². The van der Waals surface area contributed by atoms with E-state index >= 15 is 0 Å². The highest BCUT2D eigenvalue weighted by molar-refractivity contribution is 7.92. The maximum Gasteiger partial charge on any atom is 0.232 e. The van der Waals surface area contributed by atoms with E-state index in [4.69, 9.17) is 0 Å². The molecule has 0 unspecified atom stereocenters. The molecule has 1 fully saturated rings. The average molecular weight is 380 g/mol. The zero-order valence-corrected chi connectivity index (χ0v) is 16.5. The van der Waals surface area contributed by atoms with Crippen LogP contribution in [0.3, 0.4) is 0 Å². The standard InChI is InChI=1S/C19H29N3O3S/c1-4-12-20-19(23)11-15-22(26(3,24)25)18-7-5-17(6-8-18)21-13-9-16(2)10-14-21/h4-8,16H,1,9-15H2,2-3H3,(H,20,23). The number of hydrogen-bond acceptors (Lipinski definition) is 4. The summed E-state index contributed by atoms with van der Waals surface area (Å²) in [6.45, 7) is 8.36. The minimum Gasteiger partial charge on any atom is -0.372 e. The number of anilines is 2. The summed E-state index contributed by atoms with van der Waals surface area (Å²) in [4.78, 5) is 14.1. The zero-order chi connectivity index (χ0) is 19.2. The summed E-state index contributed by atoms with van der Waals surface area (Å²) < 4.78 is 25.6. The summed E-state index contributed by atoms with van der Waals surface area (Å²) >= 11 is 0. The van der Waals surface area contributed by atoms with Gasteiger partial charge in [0.1, 0.15) is 0 Å². The Kier molecular flexibility index (Phi) is 7.08. The van der Waals surface area contributed by atoms with Crippen LogP contribution in [0.1, 0.15) is 26.2 Å². The van der Waals surface area contributed by atoms with Crippen molar-refractivity contribution in [2.24, 2.45) is 5.92 Å². The predicted octanol–water partition coefficient (Wildman–Crippen LogP) is 2.38. The maximum absolute atomic E-state index is 12.1. The summed E-state index contributed by atoms with van der Waals surface area (Å²) in [5, 5.41) is 2.66. The fourth-order valence-electron chi connectivity index (χ4n) is 3.06. The molecule has 1 heterocycles. The Morgan fingerprint density at radius 3 is 2.46 bits per heavy atom. The highest BCUT2D eigenvalue weighted by Gasteiger charge is 2.20. The molecule has 1 aliphatic heterocycles. The van der Waals surface area contributed by atoms with Crippen molar-refractivity contribution < 1.29 is 13.2 Å². The molecule has 1 aromatic carbocycles. The third kappa shape index (κ3) is 5.76. The molecule has 1 aliphatic rings. The number of sulfonamides is 1. The molecule has 0 aromatic heterocycles. The second-order valence-corrected chi connectivity index (χ2v) is 8.77. The van der Waals surface area contributed by atoms with Crippen LogP contribution in [0.2, 0.25) is 0 Å². The summed E-state index contributed by atoms with van der Waals surface area (Å²) in [6, 6.07) is 7.55. The van der Waals surface area contributed by atoms with Crippen molar-refractivity contribution in [3.63, 3.8) is 0 Å². The van der Waals surface area contributed by atoms with Crippen molar-refractivity contribution in [2.45, 2.75) is 26.2 Å². The summed E-state index contributed by atoms with van der Waals surface area (Å²) in [6.07, 6.45) is 5.21. The van der Waals surface area contributed by atoms with E-state index in [-0.39, 0.29) is 18.9 Å². The second kappa shape index (κ2) is 9.07. The van der Waals surface area contributed by atoms with Crippen molar-refractivity contribution in [3.8, 4) is 0 Å². The Labute approximate surface area is 156 Å². The Balaban J connectivity index is 2.06. The first-order chi connectivity index (χ1) is 12.3. The molecule has 6 nitrogen and oxygen atoms in total. The van der Waals surface area contributed by atoms with Crippen LogP contribution in [0, 0.1) is 5.92 Å². The van der Waals surface area contributed by atoms with E-state index in [0.29, 0.717) is 12.2 Å². The number of amides is 1. The molecular weight excluding hydrogens is 350 g/mol. The van der Waals surface area contributed by atoms with Crippen LogP contribution in [-0.2, 0) is 14.8 Å². The van der Waals surface area contributed by atoms with Crippen LogP contribution < -0.4 is 14.5 Å². The van der Waals surface area contributed by atoms with Gasteiger partial charge in [-0.1, -0.05) is 13.0 Å². The molecular formula is C19H29N3O3S. The summed E-state index contributed by atoms with van der Waals surface area (Å²) in [7, 11) is -3.46. The smallest absolute Gasteiger partial charge is 0.232 e. The molecule has 0 aliphatic carbocycles. The number of rotatable bonds is 8. The monoisotopic (exact) mass is 379 g/mol. The largest absolute Gasteiger partial charge is 0.372 e. The molecule has 0 bridgehead atoms. The minimum absolute atomic E-state index is 0.104. The molecule has 0 spiro atoms. The van der Waals surface area contributed by atoms with Gasteiger partial charge in [-0.15, -0.1) is 6.58 Å². The van der Waals surface area contributed by atoms with E-state index in [1.807, 2.05) is 24.3 Å². The average Bonchev–Trinajstić information content (AvgIpc) is 2.60. The third-order valence-corrected chi connectivity index (χ3v) is 5.87. The Bertz CT molecular complexity index is 708. The number of benzene rings is 1. The van der Waals surface area contributed by atoms with Crippen LogP contribution in [0.15, 0.2) is 36.9 Å². The van der Waals surface area contributed by atoms with Gasteiger partial charge in [-0.05, 0) is 43.0 Å². The van der Waals surface area contributed by atoms with Gasteiger partial charge in [0.05, 0.1) is 11.9 Å². The maximum atomic E-state index is 12.1. The highest BCUT2D eigenvalue weighted by Crippen LogP contribution is 2.26. The van der Waals surface area contributed by atoms with E-state index in [1.54, 1.807) is 6.08 Å².